The van der Waals surface area contributed by atoms with Crippen LogP contribution in [0.15, 0.2) is 18.2 Å². The van der Waals surface area contributed by atoms with Crippen LogP contribution >= 0.6 is 0 Å². The van der Waals surface area contributed by atoms with E-state index >= 15 is 0 Å². The quantitative estimate of drug-likeness (QED) is 0.488. The van der Waals surface area contributed by atoms with Gasteiger partial charge in [-0.3, -0.25) is 19.3 Å². The summed E-state index contributed by atoms with van der Waals surface area (Å²) < 4.78 is 0. The number of amides is 2. The Kier molecular flexibility index (Phi) is 12.4. The fourth-order valence-electron chi connectivity index (χ4n) is 4.66. The molecule has 2 amide bonds. The molecule has 1 aliphatic heterocycles. The summed E-state index contributed by atoms with van der Waals surface area (Å²) in [6, 6.07) is 5.54. The second-order valence-electron chi connectivity index (χ2n) is 11.0. The Labute approximate surface area is 217 Å². The third kappa shape index (κ3) is 9.92. The minimum Gasteiger partial charge on any atom is -0.480 e. The maximum atomic E-state index is 13.4. The van der Waals surface area contributed by atoms with Crippen molar-refractivity contribution in [1.29, 1.82) is 0 Å². The molecule has 0 saturated heterocycles. The number of benzene rings is 1. The van der Waals surface area contributed by atoms with Crippen LogP contribution in [0.25, 0.3) is 0 Å². The highest BCUT2D eigenvalue weighted by atomic mass is 16.4. The average molecular weight is 502 g/mol. The van der Waals surface area contributed by atoms with Gasteiger partial charge in [-0.1, -0.05) is 47.0 Å². The van der Waals surface area contributed by atoms with Gasteiger partial charge >= 0.3 is 5.97 Å². The number of rotatable bonds is 9. The van der Waals surface area contributed by atoms with Crippen molar-refractivity contribution < 1.29 is 19.5 Å². The molecule has 0 atom stereocenters. The van der Waals surface area contributed by atoms with Crippen molar-refractivity contribution in [3.8, 4) is 0 Å². The number of aliphatic carboxylic acids is 1. The smallest absolute Gasteiger partial charge is 0.323 e. The van der Waals surface area contributed by atoms with Crippen molar-refractivity contribution in [2.45, 2.75) is 86.1 Å². The predicted octanol–water partition coefficient (Wildman–Crippen LogP) is 5.42. The maximum absolute atomic E-state index is 13.4. The summed E-state index contributed by atoms with van der Waals surface area (Å²) in [5, 5.41) is 9.40. The lowest BCUT2D eigenvalue weighted by atomic mass is 10.0. The molecule has 0 bridgehead atoms. The van der Waals surface area contributed by atoms with Crippen molar-refractivity contribution >= 4 is 23.5 Å². The molecule has 7 heteroatoms. The van der Waals surface area contributed by atoms with Gasteiger partial charge < -0.3 is 14.9 Å². The minimum atomic E-state index is -1.01. The number of carboxylic acid groups (broad SMARTS) is 1. The Hall–Kier alpha value is -2.41. The van der Waals surface area contributed by atoms with Crippen LogP contribution in [0.3, 0.4) is 0 Å². The molecule has 1 aliphatic rings. The largest absolute Gasteiger partial charge is 0.480 e. The number of hydrogen-bond donors (Lipinski definition) is 1. The van der Waals surface area contributed by atoms with Gasteiger partial charge in [-0.15, -0.1) is 0 Å². The zero-order chi connectivity index (χ0) is 26.7. The first-order valence-electron chi connectivity index (χ1n) is 13.7. The number of anilines is 1. The van der Waals surface area contributed by atoms with Gasteiger partial charge in [0.1, 0.15) is 6.54 Å². The fraction of sp³-hybridized carbons (Fsp3) is 0.690. The van der Waals surface area contributed by atoms with E-state index in [2.05, 4.69) is 32.6 Å². The first-order valence-corrected chi connectivity index (χ1v) is 13.7. The number of carboxylic acids is 1. The van der Waals surface area contributed by atoms with E-state index in [-0.39, 0.29) is 18.4 Å². The molecule has 1 aromatic carbocycles. The summed E-state index contributed by atoms with van der Waals surface area (Å²) >= 11 is 0. The Morgan fingerprint density at radius 3 is 2.19 bits per heavy atom. The van der Waals surface area contributed by atoms with Gasteiger partial charge in [0.2, 0.25) is 5.91 Å². The standard InChI is InChI=1S/C29H47N3O4/c1-22(2)13-17-30-15-9-7-6-8-10-16-32(24(5)33)27-12-11-25(19-26(27)20-30)29(36)31(21-28(34)35)18-14-23(3)4/h11-12,19,22-23H,6-10,13-18,20-21H2,1-5H3,(H,34,35). The number of fused-ring (bicyclic) bond motifs is 1. The summed E-state index contributed by atoms with van der Waals surface area (Å²) in [5.74, 6) is -0.316. The van der Waals surface area contributed by atoms with E-state index in [9.17, 15) is 19.5 Å². The average Bonchev–Trinajstić information content (AvgIpc) is 2.80. The van der Waals surface area contributed by atoms with E-state index in [1.54, 1.807) is 13.0 Å². The summed E-state index contributed by atoms with van der Waals surface area (Å²) in [5.41, 5.74) is 2.30. The van der Waals surface area contributed by atoms with Crippen molar-refractivity contribution in [3.63, 3.8) is 0 Å². The number of carbonyl (C=O) groups excluding carboxylic acids is 2. The summed E-state index contributed by atoms with van der Waals surface area (Å²) in [4.78, 5) is 43.3. The summed E-state index contributed by atoms with van der Waals surface area (Å²) in [6.07, 6.45) is 7.39. The molecular formula is C29H47N3O4. The maximum Gasteiger partial charge on any atom is 0.323 e. The topological polar surface area (TPSA) is 81.2 Å². The summed E-state index contributed by atoms with van der Waals surface area (Å²) in [6.45, 7) is 13.6. The van der Waals surface area contributed by atoms with Crippen LogP contribution in [0.5, 0.6) is 0 Å². The molecule has 0 unspecified atom stereocenters. The van der Waals surface area contributed by atoms with Crippen LogP contribution in [-0.2, 0) is 16.1 Å². The van der Waals surface area contributed by atoms with Crippen molar-refractivity contribution in [2.24, 2.45) is 11.8 Å². The Bertz CT molecular complexity index is 868. The first-order chi connectivity index (χ1) is 17.1. The van der Waals surface area contributed by atoms with Crippen LogP contribution in [0.4, 0.5) is 5.69 Å². The molecule has 1 aromatic rings. The normalized spacial score (nSPS) is 15.8. The monoisotopic (exact) mass is 501 g/mol. The van der Waals surface area contributed by atoms with Crippen LogP contribution in [-0.4, -0.2) is 65.4 Å². The second kappa shape index (κ2) is 15.0. The van der Waals surface area contributed by atoms with Crippen LogP contribution < -0.4 is 4.90 Å². The zero-order valence-corrected chi connectivity index (χ0v) is 23.1. The highest BCUT2D eigenvalue weighted by Crippen LogP contribution is 2.27. The Morgan fingerprint density at radius 1 is 0.944 bits per heavy atom. The van der Waals surface area contributed by atoms with Gasteiger partial charge in [0.25, 0.3) is 5.91 Å². The van der Waals surface area contributed by atoms with Gasteiger partial charge in [0, 0.05) is 37.8 Å². The highest BCUT2D eigenvalue weighted by Gasteiger charge is 2.23. The van der Waals surface area contributed by atoms with Crippen LogP contribution in [0.2, 0.25) is 0 Å². The van der Waals surface area contributed by atoms with Crippen molar-refractivity contribution in [2.75, 3.05) is 37.6 Å². The lowest BCUT2D eigenvalue weighted by molar-refractivity contribution is -0.137. The van der Waals surface area contributed by atoms with E-state index in [0.717, 1.165) is 56.4 Å². The van der Waals surface area contributed by atoms with Gasteiger partial charge in [-0.2, -0.15) is 0 Å². The lowest BCUT2D eigenvalue weighted by Crippen LogP contribution is -2.37. The Morgan fingerprint density at radius 2 is 1.58 bits per heavy atom. The molecule has 7 nitrogen and oxygen atoms in total. The van der Waals surface area contributed by atoms with Gasteiger partial charge in [-0.05, 0) is 74.4 Å². The van der Waals surface area contributed by atoms with E-state index in [4.69, 9.17) is 0 Å². The molecule has 0 aliphatic carbocycles. The Balaban J connectivity index is 2.46. The molecule has 1 heterocycles. The fourth-order valence-corrected chi connectivity index (χ4v) is 4.66. The van der Waals surface area contributed by atoms with Crippen LogP contribution in [0.1, 0.15) is 95.5 Å². The van der Waals surface area contributed by atoms with E-state index < -0.39 is 5.97 Å². The number of carbonyl (C=O) groups is 3. The molecule has 202 valence electrons. The van der Waals surface area contributed by atoms with E-state index in [0.29, 0.717) is 37.0 Å². The number of nitrogens with zero attached hydrogens (tertiary/aromatic N) is 3. The molecule has 0 spiro atoms. The first kappa shape index (κ1) is 29.8. The van der Waals surface area contributed by atoms with Gasteiger partial charge in [-0.25, -0.2) is 0 Å². The van der Waals surface area contributed by atoms with E-state index in [1.165, 1.54) is 17.7 Å². The zero-order valence-electron chi connectivity index (χ0n) is 23.1. The molecular weight excluding hydrogens is 454 g/mol. The number of hydrogen-bond acceptors (Lipinski definition) is 4. The molecule has 2 rings (SSSR count). The van der Waals surface area contributed by atoms with Crippen molar-refractivity contribution in [1.82, 2.24) is 9.80 Å². The van der Waals surface area contributed by atoms with E-state index in [1.807, 2.05) is 17.0 Å². The molecule has 0 saturated carbocycles. The van der Waals surface area contributed by atoms with Gasteiger partial charge in [0.05, 0.1) is 0 Å². The molecule has 0 aromatic heterocycles. The molecule has 0 fully saturated rings. The third-order valence-electron chi connectivity index (χ3n) is 6.86. The summed E-state index contributed by atoms with van der Waals surface area (Å²) in [7, 11) is 0. The minimum absolute atomic E-state index is 0.00514. The van der Waals surface area contributed by atoms with Crippen LogP contribution in [0, 0.1) is 11.8 Å². The molecule has 36 heavy (non-hydrogen) atoms. The predicted molar refractivity (Wildman–Crippen MR) is 145 cm³/mol. The molecule has 0 radical (unpaired) electrons. The third-order valence-corrected chi connectivity index (χ3v) is 6.86. The second-order valence-corrected chi connectivity index (χ2v) is 11.0. The van der Waals surface area contributed by atoms with Gasteiger partial charge in [0.15, 0.2) is 0 Å². The molecule has 1 N–H and O–H groups in total. The lowest BCUT2D eigenvalue weighted by Gasteiger charge is -2.30. The highest BCUT2D eigenvalue weighted by molar-refractivity contribution is 5.98. The SMILES string of the molecule is CC(=O)N1CCCCCCCN(CCC(C)C)Cc2cc(C(=O)N(CCC(C)C)CC(=O)O)ccc21. The van der Waals surface area contributed by atoms with Crippen molar-refractivity contribution in [3.05, 3.63) is 29.3 Å².